The third-order valence-electron chi connectivity index (χ3n) is 2.85. The molecule has 0 bridgehead atoms. The normalized spacial score (nSPS) is 12.9. The Balaban J connectivity index is 2.37. The second kappa shape index (κ2) is 8.38. The van der Waals surface area contributed by atoms with Crippen molar-refractivity contribution in [3.63, 3.8) is 0 Å². The maximum absolute atomic E-state index is 11.3. The summed E-state index contributed by atoms with van der Waals surface area (Å²) in [5, 5.41) is 0. The number of rotatable bonds is 7. The molecule has 0 aliphatic heterocycles. The number of hydrogen-bond acceptors (Lipinski definition) is 4. The number of carbonyl (C=O) groups excluding carboxylic acids is 1. The Morgan fingerprint density at radius 3 is 2.45 bits per heavy atom. The summed E-state index contributed by atoms with van der Waals surface area (Å²) < 4.78 is 15.4. The van der Waals surface area contributed by atoms with E-state index in [9.17, 15) is 4.79 Å². The van der Waals surface area contributed by atoms with Crippen LogP contribution in [0.3, 0.4) is 0 Å². The van der Waals surface area contributed by atoms with E-state index in [2.05, 4.69) is 4.74 Å². The molecule has 0 spiro atoms. The van der Waals surface area contributed by atoms with Crippen LogP contribution < -0.4 is 4.74 Å². The van der Waals surface area contributed by atoms with Crippen LogP contribution >= 0.6 is 0 Å². The molecule has 0 radical (unpaired) electrons. The van der Waals surface area contributed by atoms with Crippen LogP contribution in [0.25, 0.3) is 0 Å². The Morgan fingerprint density at radius 1 is 1.25 bits per heavy atom. The molecule has 20 heavy (non-hydrogen) atoms. The minimum Gasteiger partial charge on any atom is -0.497 e. The van der Waals surface area contributed by atoms with Crippen molar-refractivity contribution < 1.29 is 19.0 Å². The van der Waals surface area contributed by atoms with Crippen molar-refractivity contribution in [2.75, 3.05) is 20.8 Å². The number of hydrogen-bond donors (Lipinski definition) is 0. The van der Waals surface area contributed by atoms with Crippen molar-refractivity contribution in [1.29, 1.82) is 0 Å². The molecule has 0 unspecified atom stereocenters. The van der Waals surface area contributed by atoms with Crippen molar-refractivity contribution >= 4 is 5.97 Å². The van der Waals surface area contributed by atoms with Crippen LogP contribution in [0.2, 0.25) is 0 Å². The maximum Gasteiger partial charge on any atom is 0.333 e. The minimum absolute atomic E-state index is 0.160. The van der Waals surface area contributed by atoms with Gasteiger partial charge in [-0.2, -0.15) is 0 Å². The summed E-state index contributed by atoms with van der Waals surface area (Å²) in [5.41, 5.74) is 1.69. The molecule has 110 valence electrons. The molecule has 4 heteroatoms. The van der Waals surface area contributed by atoms with Gasteiger partial charge in [0.1, 0.15) is 5.75 Å². The van der Waals surface area contributed by atoms with E-state index >= 15 is 0 Å². The van der Waals surface area contributed by atoms with Gasteiger partial charge in [0, 0.05) is 5.57 Å². The summed E-state index contributed by atoms with van der Waals surface area (Å²) >= 11 is 0. The van der Waals surface area contributed by atoms with Gasteiger partial charge in [-0.25, -0.2) is 4.79 Å². The first-order chi connectivity index (χ1) is 9.56. The molecule has 0 heterocycles. The van der Waals surface area contributed by atoms with Gasteiger partial charge in [-0.3, -0.25) is 0 Å². The molecular weight excluding hydrogens is 256 g/mol. The third kappa shape index (κ3) is 5.45. The monoisotopic (exact) mass is 278 g/mol. The number of carbonyl (C=O) groups is 1. The number of benzene rings is 1. The Labute approximate surface area is 120 Å². The highest BCUT2D eigenvalue weighted by Crippen LogP contribution is 2.13. The quantitative estimate of drug-likeness (QED) is 0.568. The van der Waals surface area contributed by atoms with Crippen LogP contribution in [0.15, 0.2) is 35.9 Å². The topological polar surface area (TPSA) is 44.8 Å². The highest BCUT2D eigenvalue weighted by molar-refractivity contribution is 5.87. The standard InChI is InChI=1S/C16H22O4/c1-12(9-13(2)16(17)19-4)10-20-11-14-5-7-15(18-3)8-6-14/h5-9,12H,10-11H2,1-4H3/b13-9+/t12-/m0/s1. The van der Waals surface area contributed by atoms with E-state index in [-0.39, 0.29) is 11.9 Å². The minimum atomic E-state index is -0.299. The second-order valence-corrected chi connectivity index (χ2v) is 4.68. The van der Waals surface area contributed by atoms with Crippen molar-refractivity contribution in [3.8, 4) is 5.75 Å². The van der Waals surface area contributed by atoms with Gasteiger partial charge in [0.15, 0.2) is 0 Å². The van der Waals surface area contributed by atoms with Crippen molar-refractivity contribution in [3.05, 3.63) is 41.5 Å². The Hall–Kier alpha value is -1.81. The number of methoxy groups -OCH3 is 2. The van der Waals surface area contributed by atoms with Crippen LogP contribution in [0.4, 0.5) is 0 Å². The zero-order valence-electron chi connectivity index (χ0n) is 12.5. The zero-order valence-corrected chi connectivity index (χ0v) is 12.5. The van der Waals surface area contributed by atoms with Gasteiger partial charge in [-0.1, -0.05) is 25.1 Å². The first-order valence-electron chi connectivity index (χ1n) is 6.54. The van der Waals surface area contributed by atoms with E-state index < -0.39 is 0 Å². The molecule has 0 amide bonds. The summed E-state index contributed by atoms with van der Waals surface area (Å²) in [7, 11) is 3.02. The van der Waals surface area contributed by atoms with Crippen LogP contribution in [0, 0.1) is 5.92 Å². The van der Waals surface area contributed by atoms with Crippen molar-refractivity contribution in [2.24, 2.45) is 5.92 Å². The molecular formula is C16H22O4. The number of esters is 1. The maximum atomic E-state index is 11.3. The highest BCUT2D eigenvalue weighted by atomic mass is 16.5. The van der Waals surface area contributed by atoms with Gasteiger partial charge in [-0.05, 0) is 30.5 Å². The molecule has 0 saturated heterocycles. The average molecular weight is 278 g/mol. The largest absolute Gasteiger partial charge is 0.497 e. The lowest BCUT2D eigenvalue weighted by Gasteiger charge is -2.09. The lowest BCUT2D eigenvalue weighted by molar-refractivity contribution is -0.136. The third-order valence-corrected chi connectivity index (χ3v) is 2.85. The molecule has 0 aliphatic rings. The molecule has 0 saturated carbocycles. The van der Waals surface area contributed by atoms with E-state index in [0.29, 0.717) is 18.8 Å². The summed E-state index contributed by atoms with van der Waals surface area (Å²) in [6.45, 7) is 4.84. The van der Waals surface area contributed by atoms with E-state index in [0.717, 1.165) is 11.3 Å². The van der Waals surface area contributed by atoms with E-state index in [1.165, 1.54) is 7.11 Å². The van der Waals surface area contributed by atoms with Crippen molar-refractivity contribution in [1.82, 2.24) is 0 Å². The van der Waals surface area contributed by atoms with Crippen LogP contribution in [-0.4, -0.2) is 26.8 Å². The van der Waals surface area contributed by atoms with E-state index in [1.54, 1.807) is 14.0 Å². The van der Waals surface area contributed by atoms with Crippen LogP contribution in [0.1, 0.15) is 19.4 Å². The molecule has 0 aliphatic carbocycles. The lowest BCUT2D eigenvalue weighted by Crippen LogP contribution is -2.08. The fourth-order valence-electron chi connectivity index (χ4n) is 1.79. The molecule has 1 aromatic rings. The van der Waals surface area contributed by atoms with E-state index in [1.807, 2.05) is 37.3 Å². The first kappa shape index (κ1) is 16.2. The van der Waals surface area contributed by atoms with Gasteiger partial charge in [-0.15, -0.1) is 0 Å². The molecule has 0 N–H and O–H groups in total. The average Bonchev–Trinajstić information content (AvgIpc) is 2.47. The Morgan fingerprint density at radius 2 is 1.90 bits per heavy atom. The molecule has 1 rings (SSSR count). The van der Waals surface area contributed by atoms with Crippen LogP contribution in [-0.2, 0) is 20.9 Å². The number of ether oxygens (including phenoxy) is 3. The Bertz CT molecular complexity index is 448. The fourth-order valence-corrected chi connectivity index (χ4v) is 1.79. The van der Waals surface area contributed by atoms with Gasteiger partial charge in [0.2, 0.25) is 0 Å². The van der Waals surface area contributed by atoms with Gasteiger partial charge in [0.05, 0.1) is 27.4 Å². The van der Waals surface area contributed by atoms with E-state index in [4.69, 9.17) is 9.47 Å². The SMILES string of the molecule is COC(=O)/C(C)=C/[C@H](C)COCc1ccc(OC)cc1. The summed E-state index contributed by atoms with van der Waals surface area (Å²) in [6.07, 6.45) is 1.86. The predicted octanol–water partition coefficient (Wildman–Crippen LogP) is 2.97. The molecule has 0 fully saturated rings. The summed E-state index contributed by atoms with van der Waals surface area (Å²) in [6, 6.07) is 7.75. The van der Waals surface area contributed by atoms with Crippen molar-refractivity contribution in [2.45, 2.75) is 20.5 Å². The fraction of sp³-hybridized carbons (Fsp3) is 0.438. The highest BCUT2D eigenvalue weighted by Gasteiger charge is 2.06. The first-order valence-corrected chi connectivity index (χ1v) is 6.54. The Kier molecular flexibility index (Phi) is 6.81. The molecule has 1 aromatic carbocycles. The molecule has 0 aromatic heterocycles. The second-order valence-electron chi connectivity index (χ2n) is 4.68. The molecule has 4 nitrogen and oxygen atoms in total. The van der Waals surface area contributed by atoms with Gasteiger partial charge >= 0.3 is 5.97 Å². The van der Waals surface area contributed by atoms with Crippen LogP contribution in [0.5, 0.6) is 5.75 Å². The smallest absolute Gasteiger partial charge is 0.333 e. The zero-order chi connectivity index (χ0) is 15.0. The summed E-state index contributed by atoms with van der Waals surface area (Å²) in [5.74, 6) is 0.693. The predicted molar refractivity (Wildman–Crippen MR) is 77.6 cm³/mol. The lowest BCUT2D eigenvalue weighted by atomic mass is 10.1. The molecule has 1 atom stereocenters. The summed E-state index contributed by atoms with van der Waals surface area (Å²) in [4.78, 5) is 11.3. The van der Waals surface area contributed by atoms with Gasteiger partial charge < -0.3 is 14.2 Å². The van der Waals surface area contributed by atoms with Gasteiger partial charge in [0.25, 0.3) is 0 Å².